The fraction of sp³-hybridized carbons (Fsp3) is 0.727. The van der Waals surface area contributed by atoms with Gasteiger partial charge in [0.25, 0.3) is 0 Å². The molecule has 102 valence electrons. The molecule has 0 aliphatic rings. The molecule has 0 saturated heterocycles. The van der Waals surface area contributed by atoms with Crippen LogP contribution in [0.15, 0.2) is 0 Å². The molecule has 0 saturated carbocycles. The molecule has 1 unspecified atom stereocenters. The van der Waals surface area contributed by atoms with Gasteiger partial charge in [0.1, 0.15) is 6.61 Å². The van der Waals surface area contributed by atoms with Crippen molar-refractivity contribution in [3.63, 3.8) is 0 Å². The average molecular weight is 257 g/mol. The molecule has 7 heteroatoms. The third-order valence-corrected chi connectivity index (χ3v) is 2.47. The van der Waals surface area contributed by atoms with Gasteiger partial charge in [-0.2, -0.15) is 0 Å². The van der Waals surface area contributed by atoms with Crippen LogP contribution >= 0.6 is 0 Å². The number of aromatic nitrogens is 3. The first-order valence-electron chi connectivity index (χ1n) is 5.68. The van der Waals surface area contributed by atoms with Crippen molar-refractivity contribution in [3.05, 3.63) is 11.4 Å². The molecule has 0 bridgehead atoms. The SMILES string of the molecule is COCCOC(=O)c1nnn(C(C)COC)c1C. The van der Waals surface area contributed by atoms with Gasteiger partial charge in [-0.25, -0.2) is 9.48 Å². The zero-order valence-electron chi connectivity index (χ0n) is 11.2. The normalized spacial score (nSPS) is 12.4. The molecule has 0 N–H and O–H groups in total. The van der Waals surface area contributed by atoms with Crippen LogP contribution in [0.25, 0.3) is 0 Å². The maximum absolute atomic E-state index is 11.7. The van der Waals surface area contributed by atoms with E-state index in [9.17, 15) is 4.79 Å². The Morgan fingerprint density at radius 1 is 1.33 bits per heavy atom. The Morgan fingerprint density at radius 3 is 2.67 bits per heavy atom. The van der Waals surface area contributed by atoms with Crippen molar-refractivity contribution in [2.75, 3.05) is 34.0 Å². The number of rotatable bonds is 7. The molecule has 1 heterocycles. The van der Waals surface area contributed by atoms with Gasteiger partial charge in [0.05, 0.1) is 24.9 Å². The van der Waals surface area contributed by atoms with Crippen molar-refractivity contribution in [1.29, 1.82) is 0 Å². The van der Waals surface area contributed by atoms with E-state index in [1.807, 2.05) is 6.92 Å². The lowest BCUT2D eigenvalue weighted by Crippen LogP contribution is -2.15. The summed E-state index contributed by atoms with van der Waals surface area (Å²) in [6.45, 7) is 4.78. The lowest BCUT2D eigenvalue weighted by Gasteiger charge is -2.11. The largest absolute Gasteiger partial charge is 0.458 e. The summed E-state index contributed by atoms with van der Waals surface area (Å²) in [6.07, 6.45) is 0. The minimum absolute atomic E-state index is 0.0167. The highest BCUT2D eigenvalue weighted by Crippen LogP contribution is 2.12. The van der Waals surface area contributed by atoms with Gasteiger partial charge in [0.15, 0.2) is 5.69 Å². The van der Waals surface area contributed by atoms with Crippen molar-refractivity contribution in [1.82, 2.24) is 15.0 Å². The number of hydrogen-bond acceptors (Lipinski definition) is 6. The van der Waals surface area contributed by atoms with Gasteiger partial charge < -0.3 is 14.2 Å². The smallest absolute Gasteiger partial charge is 0.360 e. The topological polar surface area (TPSA) is 75.5 Å². The van der Waals surface area contributed by atoms with Crippen LogP contribution in [0.4, 0.5) is 0 Å². The van der Waals surface area contributed by atoms with Crippen LogP contribution < -0.4 is 0 Å². The van der Waals surface area contributed by atoms with E-state index in [-0.39, 0.29) is 18.3 Å². The summed E-state index contributed by atoms with van der Waals surface area (Å²) in [5, 5.41) is 7.78. The third-order valence-electron chi connectivity index (χ3n) is 2.47. The molecule has 1 aromatic rings. The number of hydrogen-bond donors (Lipinski definition) is 0. The van der Waals surface area contributed by atoms with E-state index in [1.165, 1.54) is 0 Å². The highest BCUT2D eigenvalue weighted by Gasteiger charge is 2.20. The first kappa shape index (κ1) is 14.6. The Kier molecular flexibility index (Phi) is 5.73. The molecule has 0 aromatic carbocycles. The highest BCUT2D eigenvalue weighted by atomic mass is 16.6. The molecule has 1 aromatic heterocycles. The molecular formula is C11H19N3O4. The van der Waals surface area contributed by atoms with Gasteiger partial charge in [0, 0.05) is 14.2 Å². The molecule has 0 amide bonds. The van der Waals surface area contributed by atoms with Gasteiger partial charge in [-0.3, -0.25) is 0 Å². The minimum atomic E-state index is -0.486. The summed E-state index contributed by atoms with van der Waals surface area (Å²) in [4.78, 5) is 11.7. The third kappa shape index (κ3) is 3.51. The maximum atomic E-state index is 11.7. The predicted molar refractivity (Wildman–Crippen MR) is 63.5 cm³/mol. The summed E-state index contributed by atoms with van der Waals surface area (Å²) in [6, 6.07) is 0.0167. The Bertz CT molecular complexity index is 392. The Morgan fingerprint density at radius 2 is 2.06 bits per heavy atom. The van der Waals surface area contributed by atoms with Crippen LogP contribution in [-0.2, 0) is 14.2 Å². The highest BCUT2D eigenvalue weighted by molar-refractivity contribution is 5.88. The van der Waals surface area contributed by atoms with Crippen molar-refractivity contribution >= 4 is 5.97 Å². The van der Waals surface area contributed by atoms with Crippen molar-refractivity contribution in [3.8, 4) is 0 Å². The second-order valence-corrected chi connectivity index (χ2v) is 3.90. The monoisotopic (exact) mass is 257 g/mol. The molecule has 0 spiro atoms. The molecule has 1 rings (SSSR count). The standard InChI is InChI=1S/C11H19N3O4/c1-8(7-17-4)14-9(2)10(12-13-14)11(15)18-6-5-16-3/h8H,5-7H2,1-4H3. The average Bonchev–Trinajstić information content (AvgIpc) is 2.71. The minimum Gasteiger partial charge on any atom is -0.458 e. The van der Waals surface area contributed by atoms with Crippen LogP contribution in [0.3, 0.4) is 0 Å². The van der Waals surface area contributed by atoms with E-state index in [0.717, 1.165) is 0 Å². The van der Waals surface area contributed by atoms with Crippen LogP contribution in [-0.4, -0.2) is 55.0 Å². The molecular weight excluding hydrogens is 238 g/mol. The van der Waals surface area contributed by atoms with Gasteiger partial charge >= 0.3 is 5.97 Å². The Hall–Kier alpha value is -1.47. The van der Waals surface area contributed by atoms with E-state index in [1.54, 1.807) is 25.8 Å². The lowest BCUT2D eigenvalue weighted by atomic mass is 10.3. The van der Waals surface area contributed by atoms with E-state index in [2.05, 4.69) is 10.3 Å². The molecule has 0 radical (unpaired) electrons. The van der Waals surface area contributed by atoms with E-state index in [4.69, 9.17) is 14.2 Å². The van der Waals surface area contributed by atoms with E-state index >= 15 is 0 Å². The lowest BCUT2D eigenvalue weighted by molar-refractivity contribution is 0.0380. The zero-order chi connectivity index (χ0) is 13.5. The summed E-state index contributed by atoms with van der Waals surface area (Å²) in [5.41, 5.74) is 0.899. The molecule has 0 fully saturated rings. The maximum Gasteiger partial charge on any atom is 0.360 e. The number of nitrogens with zero attached hydrogens (tertiary/aromatic N) is 3. The fourth-order valence-corrected chi connectivity index (χ4v) is 1.55. The van der Waals surface area contributed by atoms with Crippen LogP contribution in [0.1, 0.15) is 29.1 Å². The van der Waals surface area contributed by atoms with Crippen molar-refractivity contribution in [2.45, 2.75) is 19.9 Å². The van der Waals surface area contributed by atoms with Gasteiger partial charge in [-0.15, -0.1) is 5.10 Å². The molecule has 0 aliphatic carbocycles. The number of esters is 1. The van der Waals surface area contributed by atoms with Crippen molar-refractivity contribution in [2.24, 2.45) is 0 Å². The first-order valence-corrected chi connectivity index (χ1v) is 5.68. The Balaban J connectivity index is 2.70. The molecule has 0 aliphatic heterocycles. The van der Waals surface area contributed by atoms with Gasteiger partial charge in [0.2, 0.25) is 0 Å². The number of carbonyl (C=O) groups excluding carboxylic acids is 1. The van der Waals surface area contributed by atoms with E-state index < -0.39 is 5.97 Å². The molecule has 7 nitrogen and oxygen atoms in total. The quantitative estimate of drug-likeness (QED) is 0.526. The Labute approximate surface area is 106 Å². The summed E-state index contributed by atoms with van der Waals surface area (Å²) in [5.74, 6) is -0.486. The summed E-state index contributed by atoms with van der Waals surface area (Å²) >= 11 is 0. The van der Waals surface area contributed by atoms with Gasteiger partial charge in [-0.1, -0.05) is 5.21 Å². The second-order valence-electron chi connectivity index (χ2n) is 3.90. The van der Waals surface area contributed by atoms with Crippen molar-refractivity contribution < 1.29 is 19.0 Å². The fourth-order valence-electron chi connectivity index (χ4n) is 1.55. The van der Waals surface area contributed by atoms with Crippen LogP contribution in [0.5, 0.6) is 0 Å². The number of methoxy groups -OCH3 is 2. The summed E-state index contributed by atoms with van der Waals surface area (Å²) in [7, 11) is 3.16. The van der Waals surface area contributed by atoms with Crippen LogP contribution in [0.2, 0.25) is 0 Å². The second kappa shape index (κ2) is 7.07. The van der Waals surface area contributed by atoms with Gasteiger partial charge in [-0.05, 0) is 13.8 Å². The first-order chi connectivity index (χ1) is 8.61. The predicted octanol–water partition coefficient (Wildman–Crippen LogP) is 0.597. The molecule has 1 atom stereocenters. The van der Waals surface area contributed by atoms with E-state index in [0.29, 0.717) is 18.9 Å². The summed E-state index contributed by atoms with van der Waals surface area (Å²) < 4.78 is 16.5. The number of carbonyl (C=O) groups is 1. The van der Waals surface area contributed by atoms with Crippen LogP contribution in [0, 0.1) is 6.92 Å². The molecule has 18 heavy (non-hydrogen) atoms. The number of ether oxygens (including phenoxy) is 3. The zero-order valence-corrected chi connectivity index (χ0v) is 11.2.